The molecule has 0 aliphatic carbocycles. The Bertz CT molecular complexity index is 1350. The number of aromatic nitrogens is 1. The molecule has 35 heavy (non-hydrogen) atoms. The van der Waals surface area contributed by atoms with Crippen molar-refractivity contribution >= 4 is 32.2 Å². The number of nitrogens with zero attached hydrogens (tertiary/aromatic N) is 2. The van der Waals surface area contributed by atoms with E-state index in [0.717, 1.165) is 47.8 Å². The second kappa shape index (κ2) is 9.60. The smallest absolute Gasteiger partial charge is 0.231 e. The van der Waals surface area contributed by atoms with Gasteiger partial charge in [-0.1, -0.05) is 32.0 Å². The van der Waals surface area contributed by atoms with Crippen LogP contribution in [-0.2, 0) is 34.1 Å². The number of carbonyl (C=O) groups is 1. The molecule has 3 aromatic rings. The highest BCUT2D eigenvalue weighted by molar-refractivity contribution is 7.91. The number of rotatable bonds is 8. The fourth-order valence-corrected chi connectivity index (χ4v) is 6.42. The summed E-state index contributed by atoms with van der Waals surface area (Å²) in [6, 6.07) is 12.7. The number of sulfone groups is 1. The minimum absolute atomic E-state index is 0.0500. The zero-order chi connectivity index (χ0) is 24.6. The van der Waals surface area contributed by atoms with E-state index in [1.807, 2.05) is 12.1 Å². The molecule has 0 saturated carbocycles. The van der Waals surface area contributed by atoms with Crippen LogP contribution in [0.2, 0.25) is 0 Å². The maximum atomic E-state index is 12.6. The van der Waals surface area contributed by atoms with E-state index in [1.165, 1.54) is 16.2 Å². The molecule has 5 rings (SSSR count). The van der Waals surface area contributed by atoms with Gasteiger partial charge >= 0.3 is 0 Å². The molecule has 1 atom stereocenters. The van der Waals surface area contributed by atoms with Gasteiger partial charge in [-0.25, -0.2) is 13.4 Å². The summed E-state index contributed by atoms with van der Waals surface area (Å²) < 4.78 is 34.8. The van der Waals surface area contributed by atoms with E-state index in [-0.39, 0.29) is 35.8 Å². The fourth-order valence-electron chi connectivity index (χ4n) is 4.48. The van der Waals surface area contributed by atoms with Gasteiger partial charge in [-0.15, -0.1) is 11.3 Å². The van der Waals surface area contributed by atoms with Crippen LogP contribution >= 0.6 is 11.3 Å². The summed E-state index contributed by atoms with van der Waals surface area (Å²) in [7, 11) is -3.25. The standard InChI is InChI=1S/C25H27N3O5S2/c1-3-19-24-22(14-28(19)13-17-7-10-20-21(11-17)33-15-32-20)34-25(27-24)26-23(29)12-16-5-8-18(9-6-16)35(30,31)4-2/h5-11,19H,3-4,12-15H2,1-2H3,(H,26,27,29)/t19-/m1/s1. The van der Waals surface area contributed by atoms with Crippen LogP contribution in [0.25, 0.3) is 0 Å². The van der Waals surface area contributed by atoms with Gasteiger partial charge in [0.1, 0.15) is 0 Å². The van der Waals surface area contributed by atoms with Crippen molar-refractivity contribution < 1.29 is 22.7 Å². The third kappa shape index (κ3) is 4.91. The topological polar surface area (TPSA) is 97.8 Å². The first kappa shape index (κ1) is 23.8. The van der Waals surface area contributed by atoms with Gasteiger partial charge in [0, 0.05) is 18.0 Å². The zero-order valence-electron chi connectivity index (χ0n) is 19.6. The van der Waals surface area contributed by atoms with Crippen LogP contribution in [-0.4, -0.2) is 36.8 Å². The van der Waals surface area contributed by atoms with Crippen molar-refractivity contribution in [3.05, 3.63) is 64.2 Å². The van der Waals surface area contributed by atoms with Crippen molar-refractivity contribution in [1.82, 2.24) is 9.88 Å². The van der Waals surface area contributed by atoms with Gasteiger partial charge < -0.3 is 14.8 Å². The number of hydrogen-bond acceptors (Lipinski definition) is 8. The van der Waals surface area contributed by atoms with Gasteiger partial charge in [0.25, 0.3) is 0 Å². The fraction of sp³-hybridized carbons (Fsp3) is 0.360. The molecule has 1 N–H and O–H groups in total. The Balaban J connectivity index is 1.21. The number of nitrogens with one attached hydrogen (secondary N) is 1. The van der Waals surface area contributed by atoms with E-state index in [1.54, 1.807) is 31.2 Å². The number of thiazole rings is 1. The quantitative estimate of drug-likeness (QED) is 0.479. The van der Waals surface area contributed by atoms with Gasteiger partial charge in [-0.05, 0) is 41.8 Å². The lowest BCUT2D eigenvalue weighted by Gasteiger charge is -2.23. The molecule has 10 heteroatoms. The third-order valence-corrected chi connectivity index (χ3v) is 9.04. The first-order valence-corrected chi connectivity index (χ1v) is 14.1. The first-order chi connectivity index (χ1) is 16.9. The van der Waals surface area contributed by atoms with Gasteiger partial charge in [-0.3, -0.25) is 9.69 Å². The monoisotopic (exact) mass is 513 g/mol. The van der Waals surface area contributed by atoms with E-state index < -0.39 is 9.84 Å². The molecule has 1 amide bonds. The molecular weight excluding hydrogens is 486 g/mol. The number of ether oxygens (including phenoxy) is 2. The van der Waals surface area contributed by atoms with Gasteiger partial charge in [0.05, 0.1) is 28.8 Å². The molecular formula is C25H27N3O5S2. The highest BCUT2D eigenvalue weighted by Gasteiger charge is 2.33. The first-order valence-electron chi connectivity index (χ1n) is 11.6. The molecule has 0 bridgehead atoms. The second-order valence-corrected chi connectivity index (χ2v) is 12.0. The lowest BCUT2D eigenvalue weighted by atomic mass is 10.1. The Morgan fingerprint density at radius 2 is 1.86 bits per heavy atom. The van der Waals surface area contributed by atoms with Crippen LogP contribution in [0, 0.1) is 0 Å². The predicted octanol–water partition coefficient (Wildman–Crippen LogP) is 4.31. The molecule has 2 aliphatic heterocycles. The third-order valence-electron chi connectivity index (χ3n) is 6.31. The number of anilines is 1. The lowest BCUT2D eigenvalue weighted by Crippen LogP contribution is -2.22. The summed E-state index contributed by atoms with van der Waals surface area (Å²) >= 11 is 1.51. The highest BCUT2D eigenvalue weighted by atomic mass is 32.2. The average molecular weight is 514 g/mol. The molecule has 8 nitrogen and oxygen atoms in total. The van der Waals surface area contributed by atoms with Crippen LogP contribution < -0.4 is 14.8 Å². The largest absolute Gasteiger partial charge is 0.454 e. The maximum absolute atomic E-state index is 12.6. The van der Waals surface area contributed by atoms with Crippen LogP contribution in [0.4, 0.5) is 5.13 Å². The molecule has 3 heterocycles. The molecule has 0 radical (unpaired) electrons. The van der Waals surface area contributed by atoms with Gasteiger partial charge in [0.15, 0.2) is 26.5 Å². The normalized spacial score (nSPS) is 16.9. The average Bonchev–Trinajstić information content (AvgIpc) is 3.53. The number of fused-ring (bicyclic) bond motifs is 2. The van der Waals surface area contributed by atoms with Crippen LogP contribution in [0.5, 0.6) is 11.5 Å². The van der Waals surface area contributed by atoms with Crippen LogP contribution in [0.1, 0.15) is 48.0 Å². The minimum atomic E-state index is -3.25. The molecule has 0 saturated heterocycles. The van der Waals surface area contributed by atoms with E-state index in [2.05, 4.69) is 23.2 Å². The molecule has 0 unspecified atom stereocenters. The Morgan fingerprint density at radius 3 is 2.60 bits per heavy atom. The Hall–Kier alpha value is -2.95. The van der Waals surface area contributed by atoms with E-state index >= 15 is 0 Å². The van der Waals surface area contributed by atoms with Gasteiger partial charge in [-0.2, -0.15) is 0 Å². The molecule has 0 fully saturated rings. The summed E-state index contributed by atoms with van der Waals surface area (Å²) in [4.78, 5) is 21.2. The Morgan fingerprint density at radius 1 is 1.11 bits per heavy atom. The summed E-state index contributed by atoms with van der Waals surface area (Å²) in [6.45, 7) is 5.59. The van der Waals surface area contributed by atoms with Crippen molar-refractivity contribution in [2.45, 2.75) is 50.7 Å². The van der Waals surface area contributed by atoms with Crippen molar-refractivity contribution in [2.24, 2.45) is 0 Å². The molecule has 0 spiro atoms. The van der Waals surface area contributed by atoms with E-state index in [4.69, 9.17) is 14.5 Å². The maximum Gasteiger partial charge on any atom is 0.231 e. The summed E-state index contributed by atoms with van der Waals surface area (Å²) in [5, 5.41) is 3.52. The number of amides is 1. The second-order valence-electron chi connectivity index (χ2n) is 8.62. The van der Waals surface area contributed by atoms with Crippen molar-refractivity contribution in [1.29, 1.82) is 0 Å². The zero-order valence-corrected chi connectivity index (χ0v) is 21.2. The number of hydrogen-bond donors (Lipinski definition) is 1. The summed E-state index contributed by atoms with van der Waals surface area (Å²) in [5.41, 5.74) is 2.94. The molecule has 1 aromatic heterocycles. The molecule has 2 aliphatic rings. The molecule has 2 aromatic carbocycles. The number of carbonyl (C=O) groups excluding carboxylic acids is 1. The number of benzene rings is 2. The SMILES string of the molecule is CC[C@@H]1c2nc(NC(=O)Cc3ccc(S(=O)(=O)CC)cc3)sc2CN1Cc1ccc2c(c1)OCO2. The summed E-state index contributed by atoms with van der Waals surface area (Å²) in [6.07, 6.45) is 1.08. The minimum Gasteiger partial charge on any atom is -0.454 e. The highest BCUT2D eigenvalue weighted by Crippen LogP contribution is 2.42. The lowest BCUT2D eigenvalue weighted by molar-refractivity contribution is -0.115. The van der Waals surface area contributed by atoms with Crippen LogP contribution in [0.15, 0.2) is 47.4 Å². The van der Waals surface area contributed by atoms with Crippen molar-refractivity contribution in [3.63, 3.8) is 0 Å². The van der Waals surface area contributed by atoms with Crippen LogP contribution in [0.3, 0.4) is 0 Å². The Labute approximate surface area is 208 Å². The Kier molecular flexibility index (Phi) is 6.52. The van der Waals surface area contributed by atoms with Gasteiger partial charge in [0.2, 0.25) is 12.7 Å². The van der Waals surface area contributed by atoms with E-state index in [9.17, 15) is 13.2 Å². The predicted molar refractivity (Wildman–Crippen MR) is 133 cm³/mol. The van der Waals surface area contributed by atoms with E-state index in [0.29, 0.717) is 5.13 Å². The summed E-state index contributed by atoms with van der Waals surface area (Å²) in [5.74, 6) is 1.45. The molecule has 184 valence electrons. The van der Waals surface area contributed by atoms with Crippen molar-refractivity contribution in [2.75, 3.05) is 17.9 Å². The van der Waals surface area contributed by atoms with Crippen molar-refractivity contribution in [3.8, 4) is 11.5 Å².